The van der Waals surface area contributed by atoms with Crippen LogP contribution in [-0.4, -0.2) is 37.7 Å². The van der Waals surface area contributed by atoms with Gasteiger partial charge in [0.2, 0.25) is 10.0 Å². The fourth-order valence-corrected chi connectivity index (χ4v) is 2.12. The first kappa shape index (κ1) is 16.8. The molecule has 114 valence electrons. The molecule has 0 bridgehead atoms. The summed E-state index contributed by atoms with van der Waals surface area (Å²) in [4.78, 5) is 8.95. The zero-order chi connectivity index (χ0) is 15.3. The van der Waals surface area contributed by atoms with E-state index in [1.165, 1.54) is 7.05 Å². The molecule has 0 spiro atoms. The van der Waals surface area contributed by atoms with E-state index in [0.29, 0.717) is 18.3 Å². The third-order valence-electron chi connectivity index (χ3n) is 2.86. The smallest absolute Gasteiger partial charge is 0.213 e. The van der Waals surface area contributed by atoms with E-state index < -0.39 is 10.0 Å². The predicted molar refractivity (Wildman–Crippen MR) is 81.5 cm³/mol. The van der Waals surface area contributed by atoms with Crippen molar-refractivity contribution in [3.63, 3.8) is 0 Å². The summed E-state index contributed by atoms with van der Waals surface area (Å²) in [5.41, 5.74) is 0.961. The molecule has 1 heterocycles. The normalized spacial score (nSPS) is 12.2. The van der Waals surface area contributed by atoms with E-state index in [9.17, 15) is 8.42 Å². The molecule has 6 nitrogen and oxygen atoms in total. The van der Waals surface area contributed by atoms with Crippen molar-refractivity contribution in [1.29, 1.82) is 0 Å². The summed E-state index contributed by atoms with van der Waals surface area (Å²) in [6.45, 7) is 8.53. The van der Waals surface area contributed by atoms with E-state index in [0.717, 1.165) is 11.5 Å². The molecular formula is C13H24N4O2S. The van der Waals surface area contributed by atoms with Crippen LogP contribution in [-0.2, 0) is 10.0 Å². The van der Waals surface area contributed by atoms with Crippen molar-refractivity contribution in [3.8, 4) is 0 Å². The van der Waals surface area contributed by atoms with Gasteiger partial charge in [0.25, 0.3) is 0 Å². The number of hydrogen-bond donors (Lipinski definition) is 2. The molecule has 0 unspecified atom stereocenters. The third-order valence-corrected chi connectivity index (χ3v) is 4.22. The van der Waals surface area contributed by atoms with E-state index in [4.69, 9.17) is 0 Å². The van der Waals surface area contributed by atoms with Crippen LogP contribution >= 0.6 is 0 Å². The molecule has 2 N–H and O–H groups in total. The minimum atomic E-state index is -3.20. The highest BCUT2D eigenvalue weighted by Crippen LogP contribution is 2.19. The molecule has 0 aliphatic heterocycles. The van der Waals surface area contributed by atoms with Gasteiger partial charge in [-0.05, 0) is 13.0 Å². The minimum Gasteiger partial charge on any atom is -0.369 e. The van der Waals surface area contributed by atoms with Gasteiger partial charge in [0.15, 0.2) is 0 Å². The first-order valence-corrected chi connectivity index (χ1v) is 8.44. The Balaban J connectivity index is 2.84. The van der Waals surface area contributed by atoms with Crippen molar-refractivity contribution in [2.75, 3.05) is 24.7 Å². The van der Waals surface area contributed by atoms with E-state index in [1.807, 2.05) is 19.9 Å². The van der Waals surface area contributed by atoms with E-state index in [1.54, 1.807) is 0 Å². The molecule has 7 heteroatoms. The van der Waals surface area contributed by atoms with Crippen LogP contribution in [0.3, 0.4) is 0 Å². The molecule has 1 rings (SSSR count). The Kier molecular flexibility index (Phi) is 5.88. The van der Waals surface area contributed by atoms with Gasteiger partial charge in [0.05, 0.1) is 5.75 Å². The molecule has 0 aromatic carbocycles. The summed E-state index contributed by atoms with van der Waals surface area (Å²) in [5, 5.41) is 3.06. The molecule has 0 atom stereocenters. The Morgan fingerprint density at radius 2 is 1.80 bits per heavy atom. The van der Waals surface area contributed by atoms with Gasteiger partial charge in [-0.2, -0.15) is 0 Å². The topological polar surface area (TPSA) is 84.0 Å². The Bertz CT molecular complexity index is 515. The molecule has 0 saturated heterocycles. The van der Waals surface area contributed by atoms with Gasteiger partial charge in [-0.1, -0.05) is 27.7 Å². The first-order valence-electron chi connectivity index (χ1n) is 6.79. The van der Waals surface area contributed by atoms with E-state index in [2.05, 4.69) is 33.9 Å². The zero-order valence-corrected chi connectivity index (χ0v) is 13.6. The summed E-state index contributed by atoms with van der Waals surface area (Å²) < 4.78 is 25.0. The summed E-state index contributed by atoms with van der Waals surface area (Å²) in [7, 11) is -1.79. The Hall–Kier alpha value is -1.21. The van der Waals surface area contributed by atoms with Crippen LogP contribution in [0.2, 0.25) is 0 Å². The monoisotopic (exact) mass is 300 g/mol. The van der Waals surface area contributed by atoms with Crippen LogP contribution in [0.1, 0.15) is 51.0 Å². The van der Waals surface area contributed by atoms with Crippen LogP contribution in [0, 0.1) is 0 Å². The predicted octanol–water partition coefficient (Wildman–Crippen LogP) is 1.68. The number of nitrogens with one attached hydrogen (secondary N) is 2. The zero-order valence-electron chi connectivity index (χ0n) is 12.8. The molecule has 0 fully saturated rings. The van der Waals surface area contributed by atoms with E-state index >= 15 is 0 Å². The minimum absolute atomic E-state index is 0.0154. The Labute approximate surface area is 121 Å². The molecule has 20 heavy (non-hydrogen) atoms. The second-order valence-corrected chi connectivity index (χ2v) is 7.34. The molecule has 1 aromatic heterocycles. The van der Waals surface area contributed by atoms with Crippen molar-refractivity contribution in [2.24, 2.45) is 0 Å². The lowest BCUT2D eigenvalue weighted by molar-refractivity contribution is 0.588. The van der Waals surface area contributed by atoms with Gasteiger partial charge in [-0.15, -0.1) is 0 Å². The fraction of sp³-hybridized carbons (Fsp3) is 0.692. The van der Waals surface area contributed by atoms with Gasteiger partial charge in [-0.3, -0.25) is 0 Å². The number of nitrogens with zero attached hydrogens (tertiary/aromatic N) is 2. The van der Waals surface area contributed by atoms with Crippen LogP contribution in [0.4, 0.5) is 5.82 Å². The summed E-state index contributed by atoms with van der Waals surface area (Å²) in [6.07, 6.45) is 0. The average molecular weight is 300 g/mol. The lowest BCUT2D eigenvalue weighted by Gasteiger charge is -2.13. The molecular weight excluding hydrogens is 276 g/mol. The van der Waals surface area contributed by atoms with Crippen molar-refractivity contribution >= 4 is 15.8 Å². The molecule has 0 aliphatic carbocycles. The highest BCUT2D eigenvalue weighted by molar-refractivity contribution is 7.89. The van der Waals surface area contributed by atoms with Crippen molar-refractivity contribution in [3.05, 3.63) is 17.6 Å². The van der Waals surface area contributed by atoms with Gasteiger partial charge in [0.1, 0.15) is 11.6 Å². The quantitative estimate of drug-likeness (QED) is 0.800. The van der Waals surface area contributed by atoms with Gasteiger partial charge < -0.3 is 5.32 Å². The van der Waals surface area contributed by atoms with Gasteiger partial charge >= 0.3 is 0 Å². The average Bonchev–Trinajstić information content (AvgIpc) is 2.38. The maximum absolute atomic E-state index is 11.4. The fourth-order valence-electron chi connectivity index (χ4n) is 1.55. The Morgan fingerprint density at radius 1 is 1.15 bits per heavy atom. The van der Waals surface area contributed by atoms with Gasteiger partial charge in [-0.25, -0.2) is 23.1 Å². The second kappa shape index (κ2) is 6.99. The second-order valence-electron chi connectivity index (χ2n) is 5.30. The number of sulfonamides is 1. The number of anilines is 1. The van der Waals surface area contributed by atoms with Crippen LogP contribution in [0.5, 0.6) is 0 Å². The number of rotatable bonds is 7. The summed E-state index contributed by atoms with van der Waals surface area (Å²) in [6, 6.07) is 1.88. The maximum Gasteiger partial charge on any atom is 0.213 e. The van der Waals surface area contributed by atoms with Crippen molar-refractivity contribution in [1.82, 2.24) is 14.7 Å². The SMILES string of the molecule is CNS(=O)(=O)CCNc1cc(C(C)C)nc(C(C)C)n1. The van der Waals surface area contributed by atoms with Gasteiger partial charge in [0, 0.05) is 24.2 Å². The summed E-state index contributed by atoms with van der Waals surface area (Å²) >= 11 is 0. The maximum atomic E-state index is 11.4. The van der Waals surface area contributed by atoms with Crippen molar-refractivity contribution in [2.45, 2.75) is 39.5 Å². The number of hydrogen-bond acceptors (Lipinski definition) is 5. The molecule has 1 aromatic rings. The standard InChI is InChI=1S/C13H24N4O2S/c1-9(2)11-8-12(17-13(16-11)10(3)4)15-6-7-20(18,19)14-5/h8-10,14H,6-7H2,1-5H3,(H,15,16,17). The number of aromatic nitrogens is 2. The largest absolute Gasteiger partial charge is 0.369 e. The highest BCUT2D eigenvalue weighted by Gasteiger charge is 2.11. The first-order chi connectivity index (χ1) is 9.25. The van der Waals surface area contributed by atoms with Crippen LogP contribution < -0.4 is 10.0 Å². The summed E-state index contributed by atoms with van der Waals surface area (Å²) in [5.74, 6) is 2.00. The van der Waals surface area contributed by atoms with Crippen molar-refractivity contribution < 1.29 is 8.42 Å². The molecule has 0 saturated carbocycles. The molecule has 0 radical (unpaired) electrons. The lowest BCUT2D eigenvalue weighted by atomic mass is 10.1. The van der Waals surface area contributed by atoms with Crippen LogP contribution in [0.25, 0.3) is 0 Å². The Morgan fingerprint density at radius 3 is 2.30 bits per heavy atom. The van der Waals surface area contributed by atoms with E-state index in [-0.39, 0.29) is 11.7 Å². The third kappa shape index (κ3) is 5.05. The molecule has 0 aliphatic rings. The molecule has 0 amide bonds. The lowest BCUT2D eigenvalue weighted by Crippen LogP contribution is -2.26. The van der Waals surface area contributed by atoms with Crippen LogP contribution in [0.15, 0.2) is 6.07 Å². The highest BCUT2D eigenvalue weighted by atomic mass is 32.2.